The molecule has 0 aromatic carbocycles. The number of nitrogens with zero attached hydrogens (tertiary/aromatic N) is 2. The molecule has 2 heterocycles. The zero-order chi connectivity index (χ0) is 8.55. The van der Waals surface area contributed by atoms with Gasteiger partial charge in [0.2, 0.25) is 0 Å². The monoisotopic (exact) mass is 179 g/mol. The van der Waals surface area contributed by atoms with Crippen LogP contribution in [-0.4, -0.2) is 9.78 Å². The molecule has 2 rings (SSSR count). The number of anilines is 1. The van der Waals surface area contributed by atoms with Gasteiger partial charge in [-0.05, 0) is 11.4 Å². The molecule has 62 valence electrons. The van der Waals surface area contributed by atoms with Crippen molar-refractivity contribution in [2.45, 2.75) is 0 Å². The van der Waals surface area contributed by atoms with Gasteiger partial charge in [0, 0.05) is 13.2 Å². The second-order valence-electron chi connectivity index (χ2n) is 2.58. The second kappa shape index (κ2) is 2.64. The molecule has 2 aromatic heterocycles. The van der Waals surface area contributed by atoms with Gasteiger partial charge >= 0.3 is 0 Å². The van der Waals surface area contributed by atoms with E-state index in [0.29, 0.717) is 0 Å². The third-order valence-electron chi connectivity index (χ3n) is 1.61. The summed E-state index contributed by atoms with van der Waals surface area (Å²) in [5.41, 5.74) is 7.37. The number of aromatic nitrogens is 2. The largest absolute Gasteiger partial charge is 0.396 e. The first-order chi connectivity index (χ1) is 5.77. The SMILES string of the molecule is Cn1cc(N)c(-c2cccs2)n1. The Kier molecular flexibility index (Phi) is 1.62. The minimum atomic E-state index is 0.736. The first-order valence-electron chi connectivity index (χ1n) is 3.60. The zero-order valence-corrected chi connectivity index (χ0v) is 7.51. The minimum absolute atomic E-state index is 0.736. The lowest BCUT2D eigenvalue weighted by Crippen LogP contribution is -1.86. The molecule has 3 nitrogen and oxygen atoms in total. The van der Waals surface area contributed by atoms with Crippen LogP contribution in [0.5, 0.6) is 0 Å². The Hall–Kier alpha value is -1.29. The molecule has 0 spiro atoms. The van der Waals surface area contributed by atoms with Crippen LogP contribution in [0.3, 0.4) is 0 Å². The normalized spacial score (nSPS) is 10.4. The third-order valence-corrected chi connectivity index (χ3v) is 2.49. The molecule has 0 atom stereocenters. The van der Waals surface area contributed by atoms with Gasteiger partial charge in [0.25, 0.3) is 0 Å². The first kappa shape index (κ1) is 7.36. The molecule has 0 unspecified atom stereocenters. The summed E-state index contributed by atoms with van der Waals surface area (Å²) in [7, 11) is 1.87. The average molecular weight is 179 g/mol. The highest BCUT2D eigenvalue weighted by Gasteiger charge is 2.06. The van der Waals surface area contributed by atoms with Gasteiger partial charge in [-0.2, -0.15) is 5.10 Å². The Morgan fingerprint density at radius 2 is 2.42 bits per heavy atom. The lowest BCUT2D eigenvalue weighted by Gasteiger charge is -1.90. The Morgan fingerprint density at radius 1 is 1.58 bits per heavy atom. The lowest BCUT2D eigenvalue weighted by molar-refractivity contribution is 0.771. The van der Waals surface area contributed by atoms with Crippen LogP contribution in [0.15, 0.2) is 23.7 Å². The van der Waals surface area contributed by atoms with Gasteiger partial charge in [-0.3, -0.25) is 4.68 Å². The molecule has 12 heavy (non-hydrogen) atoms. The van der Waals surface area contributed by atoms with E-state index in [1.165, 1.54) is 0 Å². The zero-order valence-electron chi connectivity index (χ0n) is 6.69. The van der Waals surface area contributed by atoms with Crippen molar-refractivity contribution < 1.29 is 0 Å². The summed E-state index contributed by atoms with van der Waals surface area (Å²) in [4.78, 5) is 1.12. The number of aryl methyl sites for hydroxylation is 1. The minimum Gasteiger partial charge on any atom is -0.396 e. The van der Waals surface area contributed by atoms with Crippen LogP contribution in [0.25, 0.3) is 10.6 Å². The summed E-state index contributed by atoms with van der Waals surface area (Å²) < 4.78 is 1.73. The maximum Gasteiger partial charge on any atom is 0.125 e. The number of thiophene rings is 1. The number of nitrogen functional groups attached to an aromatic ring is 1. The molecule has 0 aliphatic heterocycles. The van der Waals surface area contributed by atoms with E-state index in [4.69, 9.17) is 5.73 Å². The van der Waals surface area contributed by atoms with Gasteiger partial charge < -0.3 is 5.73 Å². The van der Waals surface area contributed by atoms with Gasteiger partial charge in [0.15, 0.2) is 0 Å². The van der Waals surface area contributed by atoms with E-state index in [1.54, 1.807) is 16.0 Å². The molecule has 0 radical (unpaired) electrons. The first-order valence-corrected chi connectivity index (χ1v) is 4.48. The molecule has 0 saturated heterocycles. The highest BCUT2D eigenvalue weighted by molar-refractivity contribution is 7.13. The average Bonchev–Trinajstić information content (AvgIpc) is 2.58. The molecule has 0 amide bonds. The molecule has 2 N–H and O–H groups in total. The number of hydrogen-bond donors (Lipinski definition) is 1. The summed E-state index contributed by atoms with van der Waals surface area (Å²) in [6.07, 6.45) is 1.81. The molecule has 0 fully saturated rings. The van der Waals surface area contributed by atoms with Crippen molar-refractivity contribution in [3.63, 3.8) is 0 Å². The summed E-state index contributed by atoms with van der Waals surface area (Å²) in [6.45, 7) is 0. The van der Waals surface area contributed by atoms with Crippen molar-refractivity contribution in [1.82, 2.24) is 9.78 Å². The molecule has 0 saturated carbocycles. The van der Waals surface area contributed by atoms with E-state index in [-0.39, 0.29) is 0 Å². The van der Waals surface area contributed by atoms with E-state index < -0.39 is 0 Å². The predicted molar refractivity (Wildman–Crippen MR) is 50.9 cm³/mol. The Bertz CT molecular complexity index is 375. The quantitative estimate of drug-likeness (QED) is 0.724. The number of nitrogens with two attached hydrogens (primary N) is 1. The van der Waals surface area contributed by atoms with Crippen molar-refractivity contribution in [2.75, 3.05) is 5.73 Å². The molecule has 4 heteroatoms. The molecular weight excluding hydrogens is 170 g/mol. The van der Waals surface area contributed by atoms with Gasteiger partial charge in [-0.25, -0.2) is 0 Å². The third kappa shape index (κ3) is 1.10. The predicted octanol–water partition coefficient (Wildman–Crippen LogP) is 1.73. The molecular formula is C8H9N3S. The fourth-order valence-corrected chi connectivity index (χ4v) is 1.84. The van der Waals surface area contributed by atoms with E-state index in [2.05, 4.69) is 5.10 Å². The van der Waals surface area contributed by atoms with Gasteiger partial charge in [0.1, 0.15) is 5.69 Å². The number of rotatable bonds is 1. The van der Waals surface area contributed by atoms with Crippen LogP contribution in [0, 0.1) is 0 Å². The Morgan fingerprint density at radius 3 is 2.92 bits per heavy atom. The van der Waals surface area contributed by atoms with Gasteiger partial charge in [-0.1, -0.05) is 6.07 Å². The fraction of sp³-hybridized carbons (Fsp3) is 0.125. The molecule has 2 aromatic rings. The van der Waals surface area contributed by atoms with E-state index in [0.717, 1.165) is 16.3 Å². The number of hydrogen-bond acceptors (Lipinski definition) is 3. The van der Waals surface area contributed by atoms with Crippen molar-refractivity contribution in [1.29, 1.82) is 0 Å². The van der Waals surface area contributed by atoms with Crippen molar-refractivity contribution >= 4 is 17.0 Å². The maximum absolute atomic E-state index is 5.76. The molecule has 0 bridgehead atoms. The fourth-order valence-electron chi connectivity index (χ4n) is 1.11. The van der Waals surface area contributed by atoms with E-state index in [1.807, 2.05) is 30.8 Å². The van der Waals surface area contributed by atoms with Gasteiger partial charge in [-0.15, -0.1) is 11.3 Å². The van der Waals surface area contributed by atoms with Crippen LogP contribution in [0.2, 0.25) is 0 Å². The van der Waals surface area contributed by atoms with E-state index >= 15 is 0 Å². The van der Waals surface area contributed by atoms with Gasteiger partial charge in [0.05, 0.1) is 10.6 Å². The van der Waals surface area contributed by atoms with Crippen molar-refractivity contribution in [2.24, 2.45) is 7.05 Å². The maximum atomic E-state index is 5.76. The van der Waals surface area contributed by atoms with Crippen molar-refractivity contribution in [3.8, 4) is 10.6 Å². The lowest BCUT2D eigenvalue weighted by atomic mass is 10.3. The summed E-state index contributed by atoms with van der Waals surface area (Å²) >= 11 is 1.65. The Labute approximate surface area is 74.4 Å². The van der Waals surface area contributed by atoms with Crippen LogP contribution >= 0.6 is 11.3 Å². The highest BCUT2D eigenvalue weighted by atomic mass is 32.1. The van der Waals surface area contributed by atoms with Crippen molar-refractivity contribution in [3.05, 3.63) is 23.7 Å². The highest BCUT2D eigenvalue weighted by Crippen LogP contribution is 2.27. The second-order valence-corrected chi connectivity index (χ2v) is 3.53. The topological polar surface area (TPSA) is 43.8 Å². The van der Waals surface area contributed by atoms with Crippen LogP contribution < -0.4 is 5.73 Å². The standard InChI is InChI=1S/C8H9N3S/c1-11-5-6(9)8(10-11)7-3-2-4-12-7/h2-5H,9H2,1H3. The molecule has 0 aliphatic rings. The Balaban J connectivity index is 2.54. The summed E-state index contributed by atoms with van der Waals surface area (Å²) in [6, 6.07) is 4.01. The van der Waals surface area contributed by atoms with Crippen LogP contribution in [-0.2, 0) is 7.05 Å². The summed E-state index contributed by atoms with van der Waals surface area (Å²) in [5, 5.41) is 6.27. The van der Waals surface area contributed by atoms with E-state index in [9.17, 15) is 0 Å². The molecule has 0 aliphatic carbocycles. The van der Waals surface area contributed by atoms with Crippen LogP contribution in [0.1, 0.15) is 0 Å². The summed E-state index contributed by atoms with van der Waals surface area (Å²) in [5.74, 6) is 0. The van der Waals surface area contributed by atoms with Crippen LogP contribution in [0.4, 0.5) is 5.69 Å². The smallest absolute Gasteiger partial charge is 0.125 e.